The first-order valence-corrected chi connectivity index (χ1v) is 9.13. The normalized spacial score (nSPS) is 11.4. The molecule has 0 aliphatic carbocycles. The first kappa shape index (κ1) is 20.4. The lowest BCUT2D eigenvalue weighted by molar-refractivity contribution is 0.595. The second kappa shape index (κ2) is 7.36. The number of hydrogen-bond acceptors (Lipinski definition) is 6. The maximum atomic E-state index is 13.4. The van der Waals surface area contributed by atoms with Gasteiger partial charge in [0, 0.05) is 19.3 Å². The summed E-state index contributed by atoms with van der Waals surface area (Å²) in [6, 6.07) is 4.95. The van der Waals surface area contributed by atoms with E-state index in [-0.39, 0.29) is 45.2 Å². The maximum Gasteiger partial charge on any atom is 0.214 e. The van der Waals surface area contributed by atoms with Crippen LogP contribution < -0.4 is 11.1 Å². The molecule has 0 saturated carbocycles. The van der Waals surface area contributed by atoms with E-state index in [4.69, 9.17) is 17.3 Å². The molecular formula is C15H16Cl2FN5O2S. The van der Waals surface area contributed by atoms with Gasteiger partial charge < -0.3 is 11.1 Å². The standard InChI is InChI=1S/C15H15ClFN5O2S.ClH/c1-8-5-9(7-18)20-15-13(14(19-2)21-22(8)15)25(23,24)10-3-4-12(17)11(16)6-10;/h3-6H,7,18H2,1-2H3,(H,19,21);1H. The summed E-state index contributed by atoms with van der Waals surface area (Å²) in [6.45, 7) is 1.92. The maximum absolute atomic E-state index is 13.4. The van der Waals surface area contributed by atoms with Crippen LogP contribution in [0.3, 0.4) is 0 Å². The summed E-state index contributed by atoms with van der Waals surface area (Å²) < 4.78 is 41.1. The van der Waals surface area contributed by atoms with Crippen LogP contribution in [0.25, 0.3) is 5.65 Å². The highest BCUT2D eigenvalue weighted by Gasteiger charge is 2.29. The fourth-order valence-corrected chi connectivity index (χ4v) is 4.26. The predicted molar refractivity (Wildman–Crippen MR) is 99.3 cm³/mol. The van der Waals surface area contributed by atoms with Crippen molar-refractivity contribution in [3.63, 3.8) is 0 Å². The Kier molecular flexibility index (Phi) is 5.76. The summed E-state index contributed by atoms with van der Waals surface area (Å²) in [5.74, 6) is -0.570. The summed E-state index contributed by atoms with van der Waals surface area (Å²) >= 11 is 5.74. The minimum atomic E-state index is -4.05. The SMILES string of the molecule is CNc1nn2c(C)cc(CN)nc2c1S(=O)(=O)c1ccc(F)c(Cl)c1.Cl. The number of aryl methyl sites for hydroxylation is 1. The predicted octanol–water partition coefficient (Wildman–Crippen LogP) is 2.59. The monoisotopic (exact) mass is 419 g/mol. The van der Waals surface area contributed by atoms with Crippen LogP contribution in [0.15, 0.2) is 34.1 Å². The summed E-state index contributed by atoms with van der Waals surface area (Å²) in [4.78, 5) is 4.04. The lowest BCUT2D eigenvalue weighted by Gasteiger charge is -2.07. The number of rotatable bonds is 4. The molecule has 0 amide bonds. The van der Waals surface area contributed by atoms with Gasteiger partial charge in [0.15, 0.2) is 16.4 Å². The van der Waals surface area contributed by atoms with E-state index in [1.165, 1.54) is 4.52 Å². The molecule has 0 spiro atoms. The van der Waals surface area contributed by atoms with E-state index in [0.29, 0.717) is 11.4 Å². The number of aromatic nitrogens is 3. The van der Waals surface area contributed by atoms with Gasteiger partial charge in [0.25, 0.3) is 0 Å². The quantitative estimate of drug-likeness (QED) is 0.629. The zero-order chi connectivity index (χ0) is 18.4. The number of nitrogens with one attached hydrogen (secondary N) is 1. The third-order valence-electron chi connectivity index (χ3n) is 3.69. The Morgan fingerprint density at radius 3 is 2.62 bits per heavy atom. The van der Waals surface area contributed by atoms with E-state index in [2.05, 4.69) is 15.4 Å². The molecule has 140 valence electrons. The number of nitrogens with zero attached hydrogens (tertiary/aromatic N) is 3. The number of halogens is 3. The number of fused-ring (bicyclic) bond motifs is 1. The van der Waals surface area contributed by atoms with Crippen molar-refractivity contribution in [2.45, 2.75) is 23.3 Å². The smallest absolute Gasteiger partial charge is 0.214 e. The van der Waals surface area contributed by atoms with Crippen LogP contribution in [0.2, 0.25) is 5.02 Å². The number of nitrogens with two attached hydrogens (primary N) is 1. The van der Waals surface area contributed by atoms with Crippen molar-refractivity contribution in [1.29, 1.82) is 0 Å². The van der Waals surface area contributed by atoms with Crippen LogP contribution in [-0.2, 0) is 16.4 Å². The molecule has 2 aromatic heterocycles. The molecule has 3 N–H and O–H groups in total. The zero-order valence-electron chi connectivity index (χ0n) is 13.8. The van der Waals surface area contributed by atoms with Crippen molar-refractivity contribution in [2.24, 2.45) is 5.73 Å². The van der Waals surface area contributed by atoms with Gasteiger partial charge in [0.05, 0.1) is 15.6 Å². The first-order valence-electron chi connectivity index (χ1n) is 7.26. The van der Waals surface area contributed by atoms with Crippen molar-refractivity contribution in [3.05, 3.63) is 46.5 Å². The number of benzene rings is 1. The molecule has 0 aliphatic rings. The highest BCUT2D eigenvalue weighted by Crippen LogP contribution is 2.32. The second-order valence-corrected chi connectivity index (χ2v) is 7.63. The Balaban J connectivity index is 0.00000243. The Morgan fingerprint density at radius 2 is 2.04 bits per heavy atom. The molecule has 0 unspecified atom stereocenters. The van der Waals surface area contributed by atoms with Gasteiger partial charge in [0.2, 0.25) is 9.84 Å². The molecule has 0 bridgehead atoms. The summed E-state index contributed by atoms with van der Waals surface area (Å²) in [5.41, 5.74) is 6.99. The molecule has 3 aromatic rings. The lowest BCUT2D eigenvalue weighted by atomic mass is 10.3. The molecule has 1 aromatic carbocycles. The van der Waals surface area contributed by atoms with Crippen molar-refractivity contribution in [2.75, 3.05) is 12.4 Å². The fraction of sp³-hybridized carbons (Fsp3) is 0.200. The minimum absolute atomic E-state index is 0. The molecule has 0 atom stereocenters. The summed E-state index contributed by atoms with van der Waals surface area (Å²) in [5, 5.41) is 6.73. The first-order chi connectivity index (χ1) is 11.8. The van der Waals surface area contributed by atoms with E-state index >= 15 is 0 Å². The Morgan fingerprint density at radius 1 is 1.35 bits per heavy atom. The molecule has 7 nitrogen and oxygen atoms in total. The van der Waals surface area contributed by atoms with E-state index < -0.39 is 15.7 Å². The van der Waals surface area contributed by atoms with Crippen LogP contribution in [0, 0.1) is 12.7 Å². The molecule has 2 heterocycles. The van der Waals surface area contributed by atoms with Crippen LogP contribution >= 0.6 is 24.0 Å². The minimum Gasteiger partial charge on any atom is -0.370 e. The van der Waals surface area contributed by atoms with Crippen LogP contribution in [-0.4, -0.2) is 30.1 Å². The van der Waals surface area contributed by atoms with Crippen molar-refractivity contribution in [3.8, 4) is 0 Å². The van der Waals surface area contributed by atoms with Crippen molar-refractivity contribution in [1.82, 2.24) is 14.6 Å². The Hall–Kier alpha value is -1.94. The molecule has 0 fully saturated rings. The van der Waals surface area contributed by atoms with E-state index in [0.717, 1.165) is 18.2 Å². The molecule has 0 aliphatic heterocycles. The molecule has 0 saturated heterocycles. The highest BCUT2D eigenvalue weighted by molar-refractivity contribution is 7.91. The largest absolute Gasteiger partial charge is 0.370 e. The molecule has 3 rings (SSSR count). The van der Waals surface area contributed by atoms with Crippen LogP contribution in [0.1, 0.15) is 11.4 Å². The van der Waals surface area contributed by atoms with Gasteiger partial charge in [-0.15, -0.1) is 17.5 Å². The number of hydrogen-bond donors (Lipinski definition) is 2. The van der Waals surface area contributed by atoms with Gasteiger partial charge in [0.1, 0.15) is 5.82 Å². The van der Waals surface area contributed by atoms with Gasteiger partial charge in [-0.3, -0.25) is 0 Å². The topological polar surface area (TPSA) is 102 Å². The number of sulfone groups is 1. The van der Waals surface area contributed by atoms with Gasteiger partial charge in [-0.25, -0.2) is 22.3 Å². The van der Waals surface area contributed by atoms with Crippen molar-refractivity contribution >= 4 is 45.3 Å². The zero-order valence-corrected chi connectivity index (χ0v) is 16.2. The Bertz CT molecular complexity index is 1090. The van der Waals surface area contributed by atoms with E-state index in [1.54, 1.807) is 20.0 Å². The van der Waals surface area contributed by atoms with E-state index in [1.807, 2.05) is 0 Å². The third-order valence-corrected chi connectivity index (χ3v) is 5.77. The fourth-order valence-electron chi connectivity index (χ4n) is 2.49. The summed E-state index contributed by atoms with van der Waals surface area (Å²) in [7, 11) is -2.49. The van der Waals surface area contributed by atoms with Gasteiger partial charge in [-0.05, 0) is 31.2 Å². The second-order valence-electron chi connectivity index (χ2n) is 5.34. The van der Waals surface area contributed by atoms with E-state index in [9.17, 15) is 12.8 Å². The highest BCUT2D eigenvalue weighted by atomic mass is 35.5. The third kappa shape index (κ3) is 3.23. The van der Waals surface area contributed by atoms with Gasteiger partial charge >= 0.3 is 0 Å². The average Bonchev–Trinajstić information content (AvgIpc) is 2.96. The van der Waals surface area contributed by atoms with Gasteiger partial charge in [-0.1, -0.05) is 11.6 Å². The Labute approximate surface area is 160 Å². The summed E-state index contributed by atoms with van der Waals surface area (Å²) in [6.07, 6.45) is 0. The molecular weight excluding hydrogens is 404 g/mol. The van der Waals surface area contributed by atoms with Crippen LogP contribution in [0.5, 0.6) is 0 Å². The van der Waals surface area contributed by atoms with Crippen LogP contribution in [0.4, 0.5) is 10.2 Å². The van der Waals surface area contributed by atoms with Gasteiger partial charge in [-0.2, -0.15) is 0 Å². The molecule has 11 heteroatoms. The number of anilines is 1. The average molecular weight is 420 g/mol. The lowest BCUT2D eigenvalue weighted by Crippen LogP contribution is -2.08. The molecule has 0 radical (unpaired) electrons. The molecule has 26 heavy (non-hydrogen) atoms. The van der Waals surface area contributed by atoms with Crippen molar-refractivity contribution < 1.29 is 12.8 Å².